The fraction of sp³-hybridized carbons (Fsp3) is 0.909. The lowest BCUT2D eigenvalue weighted by molar-refractivity contribution is 0.407. The Balaban J connectivity index is 1.85. The van der Waals surface area contributed by atoms with Crippen LogP contribution in [0.4, 0.5) is 0 Å². The molecule has 1 aromatic heterocycles. The molecule has 90 valence electrons. The second-order valence-electron chi connectivity index (χ2n) is 4.60. The van der Waals surface area contributed by atoms with Gasteiger partial charge in [0.05, 0.1) is 6.54 Å². The average molecular weight is 223 g/mol. The highest BCUT2D eigenvalue weighted by Crippen LogP contribution is 2.25. The van der Waals surface area contributed by atoms with E-state index in [1.807, 2.05) is 4.68 Å². The van der Waals surface area contributed by atoms with E-state index in [1.165, 1.54) is 25.7 Å². The van der Waals surface area contributed by atoms with Gasteiger partial charge >= 0.3 is 0 Å². The van der Waals surface area contributed by atoms with E-state index in [2.05, 4.69) is 27.8 Å². The Bertz CT molecular complexity index is 303. The first-order valence-corrected chi connectivity index (χ1v) is 6.36. The molecule has 16 heavy (non-hydrogen) atoms. The van der Waals surface area contributed by atoms with Gasteiger partial charge < -0.3 is 5.32 Å². The first-order valence-electron chi connectivity index (χ1n) is 6.36. The molecule has 0 bridgehead atoms. The lowest BCUT2D eigenvalue weighted by Crippen LogP contribution is -2.20. The zero-order chi connectivity index (χ0) is 11.2. The molecule has 0 radical (unpaired) electrons. The van der Waals surface area contributed by atoms with Crippen molar-refractivity contribution < 1.29 is 0 Å². The van der Waals surface area contributed by atoms with Crippen LogP contribution in [0.2, 0.25) is 0 Å². The van der Waals surface area contributed by atoms with E-state index in [4.69, 9.17) is 0 Å². The summed E-state index contributed by atoms with van der Waals surface area (Å²) in [5.41, 5.74) is 0. The fourth-order valence-corrected chi connectivity index (χ4v) is 2.31. The van der Waals surface area contributed by atoms with Gasteiger partial charge in [0.15, 0.2) is 5.82 Å². The van der Waals surface area contributed by atoms with Gasteiger partial charge in [-0.25, -0.2) is 4.68 Å². The second kappa shape index (κ2) is 5.94. The normalized spacial score (nSPS) is 17.1. The minimum atomic E-state index is 0.785. The summed E-state index contributed by atoms with van der Waals surface area (Å²) in [6, 6.07) is 0. The largest absolute Gasteiger partial charge is 0.310 e. The zero-order valence-electron chi connectivity index (χ0n) is 10.0. The lowest BCUT2D eigenvalue weighted by atomic mass is 10.1. The number of nitrogens with one attached hydrogen (secondary N) is 1. The van der Waals surface area contributed by atoms with E-state index in [1.54, 1.807) is 0 Å². The molecule has 0 aliphatic heterocycles. The van der Waals surface area contributed by atoms with Crippen LogP contribution in [-0.4, -0.2) is 26.8 Å². The first kappa shape index (κ1) is 11.5. The highest BCUT2D eigenvalue weighted by atomic mass is 15.5. The van der Waals surface area contributed by atoms with E-state index in [0.717, 1.165) is 37.8 Å². The van der Waals surface area contributed by atoms with Gasteiger partial charge in [-0.15, -0.1) is 5.10 Å². The van der Waals surface area contributed by atoms with Crippen LogP contribution in [0.15, 0.2) is 0 Å². The molecule has 1 aliphatic carbocycles. The van der Waals surface area contributed by atoms with E-state index in [-0.39, 0.29) is 0 Å². The highest BCUT2D eigenvalue weighted by Gasteiger charge is 2.17. The summed E-state index contributed by atoms with van der Waals surface area (Å²) in [7, 11) is 0. The molecule has 0 amide bonds. The summed E-state index contributed by atoms with van der Waals surface area (Å²) in [6.45, 7) is 4.97. The molecule has 1 aliphatic rings. The number of tetrazole rings is 1. The third-order valence-corrected chi connectivity index (χ3v) is 3.22. The fourth-order valence-electron chi connectivity index (χ4n) is 2.31. The van der Waals surface area contributed by atoms with Crippen molar-refractivity contribution in [2.45, 2.75) is 52.1 Å². The molecule has 0 saturated heterocycles. The van der Waals surface area contributed by atoms with E-state index in [9.17, 15) is 0 Å². The molecular formula is C11H21N5. The van der Waals surface area contributed by atoms with Gasteiger partial charge in [0.2, 0.25) is 0 Å². The molecule has 1 fully saturated rings. The predicted molar refractivity (Wildman–Crippen MR) is 61.8 cm³/mol. The van der Waals surface area contributed by atoms with Crippen LogP contribution in [-0.2, 0) is 13.1 Å². The number of aromatic nitrogens is 4. The molecule has 1 N–H and O–H groups in total. The minimum Gasteiger partial charge on any atom is -0.310 e. The second-order valence-corrected chi connectivity index (χ2v) is 4.60. The van der Waals surface area contributed by atoms with E-state index >= 15 is 0 Å². The standard InChI is InChI=1S/C11H21N5/c1-2-7-12-8-11-13-14-15-16(11)9-10-5-3-4-6-10/h10,12H,2-9H2,1H3. The molecule has 0 spiro atoms. The number of rotatable bonds is 6. The van der Waals surface area contributed by atoms with Gasteiger partial charge in [0.1, 0.15) is 0 Å². The van der Waals surface area contributed by atoms with Gasteiger partial charge in [-0.2, -0.15) is 0 Å². The lowest BCUT2D eigenvalue weighted by Gasteiger charge is -2.10. The number of hydrogen-bond donors (Lipinski definition) is 1. The SMILES string of the molecule is CCCNCc1nnnn1CC1CCCC1. The van der Waals surface area contributed by atoms with Crippen LogP contribution in [0.1, 0.15) is 44.9 Å². The Hall–Kier alpha value is -0.970. The van der Waals surface area contributed by atoms with Gasteiger partial charge in [0, 0.05) is 6.54 Å². The summed E-state index contributed by atoms with van der Waals surface area (Å²) < 4.78 is 1.97. The molecule has 1 saturated carbocycles. The van der Waals surface area contributed by atoms with Crippen molar-refractivity contribution in [3.8, 4) is 0 Å². The van der Waals surface area contributed by atoms with Crippen molar-refractivity contribution in [2.24, 2.45) is 5.92 Å². The van der Waals surface area contributed by atoms with Crippen LogP contribution in [0.25, 0.3) is 0 Å². The third-order valence-electron chi connectivity index (χ3n) is 3.22. The number of nitrogens with zero attached hydrogens (tertiary/aromatic N) is 4. The molecule has 5 nitrogen and oxygen atoms in total. The van der Waals surface area contributed by atoms with Crippen LogP contribution in [0, 0.1) is 5.92 Å². The van der Waals surface area contributed by atoms with Gasteiger partial charge in [-0.05, 0) is 42.2 Å². The Morgan fingerprint density at radius 2 is 2.19 bits per heavy atom. The topological polar surface area (TPSA) is 55.6 Å². The molecule has 0 atom stereocenters. The first-order chi connectivity index (χ1) is 7.90. The molecule has 0 unspecified atom stereocenters. The Morgan fingerprint density at radius 3 is 2.94 bits per heavy atom. The molecule has 1 aromatic rings. The van der Waals surface area contributed by atoms with Crippen LogP contribution in [0.5, 0.6) is 0 Å². The van der Waals surface area contributed by atoms with Crippen molar-refractivity contribution >= 4 is 0 Å². The van der Waals surface area contributed by atoms with Crippen LogP contribution >= 0.6 is 0 Å². The maximum absolute atomic E-state index is 4.07. The average Bonchev–Trinajstić information content (AvgIpc) is 2.92. The number of hydrogen-bond acceptors (Lipinski definition) is 4. The van der Waals surface area contributed by atoms with Crippen molar-refractivity contribution in [1.29, 1.82) is 0 Å². The van der Waals surface area contributed by atoms with Gasteiger partial charge in [-0.1, -0.05) is 19.8 Å². The summed E-state index contributed by atoms with van der Waals surface area (Å²) in [5.74, 6) is 1.76. The smallest absolute Gasteiger partial charge is 0.165 e. The van der Waals surface area contributed by atoms with Crippen molar-refractivity contribution in [1.82, 2.24) is 25.5 Å². The van der Waals surface area contributed by atoms with Crippen molar-refractivity contribution in [2.75, 3.05) is 6.54 Å². The summed E-state index contributed by atoms with van der Waals surface area (Å²) in [5, 5.41) is 15.2. The Labute approximate surface area is 96.6 Å². The van der Waals surface area contributed by atoms with Gasteiger partial charge in [0.25, 0.3) is 0 Å². The Kier molecular flexibility index (Phi) is 4.27. The van der Waals surface area contributed by atoms with Crippen molar-refractivity contribution in [3.05, 3.63) is 5.82 Å². The predicted octanol–water partition coefficient (Wildman–Crippen LogP) is 1.36. The molecule has 2 rings (SSSR count). The molecular weight excluding hydrogens is 202 g/mol. The van der Waals surface area contributed by atoms with Crippen LogP contribution in [0.3, 0.4) is 0 Å². The maximum Gasteiger partial charge on any atom is 0.165 e. The van der Waals surface area contributed by atoms with Crippen molar-refractivity contribution in [3.63, 3.8) is 0 Å². The zero-order valence-corrected chi connectivity index (χ0v) is 10.0. The molecule has 5 heteroatoms. The van der Waals surface area contributed by atoms with E-state index < -0.39 is 0 Å². The minimum absolute atomic E-state index is 0.785. The quantitative estimate of drug-likeness (QED) is 0.740. The molecule has 1 heterocycles. The maximum atomic E-state index is 4.07. The summed E-state index contributed by atoms with van der Waals surface area (Å²) in [6.07, 6.45) is 6.56. The van der Waals surface area contributed by atoms with Crippen LogP contribution < -0.4 is 5.32 Å². The molecule has 0 aromatic carbocycles. The van der Waals surface area contributed by atoms with E-state index in [0.29, 0.717) is 0 Å². The van der Waals surface area contributed by atoms with Gasteiger partial charge in [-0.3, -0.25) is 0 Å². The Morgan fingerprint density at radius 1 is 1.38 bits per heavy atom. The summed E-state index contributed by atoms with van der Waals surface area (Å²) >= 11 is 0. The third kappa shape index (κ3) is 3.01. The summed E-state index contributed by atoms with van der Waals surface area (Å²) in [4.78, 5) is 0. The highest BCUT2D eigenvalue weighted by molar-refractivity contribution is 4.81. The monoisotopic (exact) mass is 223 g/mol.